The number of nitrogens with two attached hydrogens (primary N) is 1. The van der Waals surface area contributed by atoms with E-state index < -0.39 is 0 Å². The minimum Gasteiger partial charge on any atom is -0.384 e. The summed E-state index contributed by atoms with van der Waals surface area (Å²) in [4.78, 5) is 4.52. The maximum absolute atomic E-state index is 6.10. The van der Waals surface area contributed by atoms with Crippen LogP contribution in [0, 0.1) is 6.92 Å². The predicted octanol–water partition coefficient (Wildman–Crippen LogP) is 2.15. The fourth-order valence-electron chi connectivity index (χ4n) is 1.75. The molecule has 0 aliphatic rings. The molecule has 0 radical (unpaired) electrons. The predicted molar refractivity (Wildman–Crippen MR) is 66.5 cm³/mol. The van der Waals surface area contributed by atoms with E-state index in [1.807, 2.05) is 20.8 Å². The number of imidazole rings is 1. The molecule has 0 fully saturated rings. The van der Waals surface area contributed by atoms with Crippen LogP contribution in [-0.4, -0.2) is 22.3 Å². The Morgan fingerprint density at radius 2 is 2.06 bits per heavy atom. The molecule has 0 saturated carbocycles. The molecular formula is C12H23N3O. The second-order valence-electron chi connectivity index (χ2n) is 4.78. The highest BCUT2D eigenvalue weighted by atomic mass is 16.5. The number of nitrogens with zero attached hydrogens (tertiary/aromatic N) is 2. The normalized spacial score (nSPS) is 12.1. The smallest absolute Gasteiger partial charge is 0.126 e. The number of ether oxygens (including phenoxy) is 1. The van der Waals surface area contributed by atoms with Crippen molar-refractivity contribution in [2.75, 3.05) is 12.8 Å². The third-order valence-electron chi connectivity index (χ3n) is 2.87. The van der Waals surface area contributed by atoms with E-state index in [2.05, 4.69) is 16.5 Å². The summed E-state index contributed by atoms with van der Waals surface area (Å²) in [6, 6.07) is 0. The van der Waals surface area contributed by atoms with Crippen molar-refractivity contribution in [1.82, 2.24) is 9.55 Å². The lowest BCUT2D eigenvalue weighted by Gasteiger charge is -2.21. The average molecular weight is 225 g/mol. The van der Waals surface area contributed by atoms with Crippen molar-refractivity contribution in [2.24, 2.45) is 0 Å². The van der Waals surface area contributed by atoms with Crippen LogP contribution in [0.25, 0.3) is 0 Å². The molecule has 0 spiro atoms. The SMILES string of the molecule is CCCn1c(C)nc(CC(C)(C)OC)c1N. The fourth-order valence-corrected chi connectivity index (χ4v) is 1.75. The van der Waals surface area contributed by atoms with Gasteiger partial charge in [-0.25, -0.2) is 4.98 Å². The molecule has 0 saturated heterocycles. The van der Waals surface area contributed by atoms with Gasteiger partial charge in [-0.2, -0.15) is 0 Å². The molecule has 4 nitrogen and oxygen atoms in total. The van der Waals surface area contributed by atoms with Crippen molar-refractivity contribution >= 4 is 5.82 Å². The van der Waals surface area contributed by atoms with Gasteiger partial charge in [0.1, 0.15) is 11.6 Å². The summed E-state index contributed by atoms with van der Waals surface area (Å²) in [5, 5.41) is 0. The van der Waals surface area contributed by atoms with Crippen molar-refractivity contribution in [3.05, 3.63) is 11.5 Å². The molecular weight excluding hydrogens is 202 g/mol. The Balaban J connectivity index is 2.94. The van der Waals surface area contributed by atoms with Gasteiger partial charge in [0.2, 0.25) is 0 Å². The van der Waals surface area contributed by atoms with Crippen molar-refractivity contribution in [1.29, 1.82) is 0 Å². The van der Waals surface area contributed by atoms with Crippen LogP contribution >= 0.6 is 0 Å². The number of methoxy groups -OCH3 is 1. The second kappa shape index (κ2) is 4.87. The Morgan fingerprint density at radius 3 is 2.56 bits per heavy atom. The number of nitrogen functional groups attached to an aromatic ring is 1. The number of anilines is 1. The Bertz CT molecular complexity index is 355. The zero-order chi connectivity index (χ0) is 12.3. The Morgan fingerprint density at radius 1 is 1.44 bits per heavy atom. The van der Waals surface area contributed by atoms with E-state index in [1.165, 1.54) is 0 Å². The lowest BCUT2D eigenvalue weighted by atomic mass is 10.0. The summed E-state index contributed by atoms with van der Waals surface area (Å²) in [5.74, 6) is 1.77. The van der Waals surface area contributed by atoms with Crippen LogP contribution < -0.4 is 5.73 Å². The zero-order valence-corrected chi connectivity index (χ0v) is 11.0. The van der Waals surface area contributed by atoms with Gasteiger partial charge in [0, 0.05) is 20.1 Å². The van der Waals surface area contributed by atoms with Crippen LogP contribution in [0.5, 0.6) is 0 Å². The molecule has 1 heterocycles. The maximum atomic E-state index is 6.10. The number of hydrogen-bond donors (Lipinski definition) is 1. The largest absolute Gasteiger partial charge is 0.384 e. The molecule has 4 heteroatoms. The van der Waals surface area contributed by atoms with Crippen LogP contribution in [0.1, 0.15) is 38.7 Å². The minimum absolute atomic E-state index is 0.216. The molecule has 0 aromatic carbocycles. The van der Waals surface area contributed by atoms with E-state index in [0.717, 1.165) is 36.7 Å². The van der Waals surface area contributed by atoms with Gasteiger partial charge in [-0.3, -0.25) is 0 Å². The van der Waals surface area contributed by atoms with E-state index in [9.17, 15) is 0 Å². The van der Waals surface area contributed by atoms with Crippen molar-refractivity contribution < 1.29 is 4.74 Å². The lowest BCUT2D eigenvalue weighted by molar-refractivity contribution is 0.0226. The first-order valence-electron chi connectivity index (χ1n) is 5.78. The first kappa shape index (κ1) is 13.0. The van der Waals surface area contributed by atoms with E-state index in [1.54, 1.807) is 7.11 Å². The molecule has 92 valence electrons. The molecule has 0 bridgehead atoms. The molecule has 0 amide bonds. The van der Waals surface area contributed by atoms with E-state index in [0.29, 0.717) is 0 Å². The van der Waals surface area contributed by atoms with Gasteiger partial charge in [0.25, 0.3) is 0 Å². The topological polar surface area (TPSA) is 53.1 Å². The fraction of sp³-hybridized carbons (Fsp3) is 0.750. The summed E-state index contributed by atoms with van der Waals surface area (Å²) >= 11 is 0. The van der Waals surface area contributed by atoms with Crippen molar-refractivity contribution in [2.45, 2.75) is 52.7 Å². The van der Waals surface area contributed by atoms with E-state index in [-0.39, 0.29) is 5.60 Å². The highest BCUT2D eigenvalue weighted by Gasteiger charge is 2.22. The minimum atomic E-state index is -0.216. The van der Waals surface area contributed by atoms with Crippen LogP contribution in [0.4, 0.5) is 5.82 Å². The average Bonchev–Trinajstić information content (AvgIpc) is 2.46. The highest BCUT2D eigenvalue weighted by Crippen LogP contribution is 2.21. The lowest BCUT2D eigenvalue weighted by Crippen LogP contribution is -2.26. The number of rotatable bonds is 5. The molecule has 0 unspecified atom stereocenters. The third-order valence-corrected chi connectivity index (χ3v) is 2.87. The van der Waals surface area contributed by atoms with E-state index >= 15 is 0 Å². The van der Waals surface area contributed by atoms with Gasteiger partial charge in [-0.15, -0.1) is 0 Å². The zero-order valence-electron chi connectivity index (χ0n) is 11.0. The number of aryl methyl sites for hydroxylation is 1. The van der Waals surface area contributed by atoms with Gasteiger partial charge in [-0.05, 0) is 27.2 Å². The first-order valence-corrected chi connectivity index (χ1v) is 5.78. The molecule has 1 rings (SSSR count). The summed E-state index contributed by atoms with van der Waals surface area (Å²) in [6.45, 7) is 9.15. The molecule has 0 aliphatic heterocycles. The third kappa shape index (κ3) is 2.76. The van der Waals surface area contributed by atoms with Crippen molar-refractivity contribution in [3.63, 3.8) is 0 Å². The Kier molecular flexibility index (Phi) is 3.97. The van der Waals surface area contributed by atoms with Crippen LogP contribution in [0.2, 0.25) is 0 Å². The molecule has 0 aliphatic carbocycles. The van der Waals surface area contributed by atoms with Crippen molar-refractivity contribution in [3.8, 4) is 0 Å². The van der Waals surface area contributed by atoms with Crippen LogP contribution in [-0.2, 0) is 17.7 Å². The molecule has 0 atom stereocenters. The van der Waals surface area contributed by atoms with Gasteiger partial charge in [0.05, 0.1) is 11.3 Å². The van der Waals surface area contributed by atoms with Crippen LogP contribution in [0.15, 0.2) is 0 Å². The molecule has 1 aromatic heterocycles. The highest BCUT2D eigenvalue weighted by molar-refractivity contribution is 5.38. The summed E-state index contributed by atoms with van der Waals surface area (Å²) < 4.78 is 7.47. The summed E-state index contributed by atoms with van der Waals surface area (Å²) in [5.41, 5.74) is 6.82. The standard InChI is InChI=1S/C12H23N3O/c1-6-7-15-9(2)14-10(11(15)13)8-12(3,4)16-5/h6-8,13H2,1-5H3. The summed E-state index contributed by atoms with van der Waals surface area (Å²) in [7, 11) is 1.71. The van der Waals surface area contributed by atoms with Gasteiger partial charge >= 0.3 is 0 Å². The first-order chi connectivity index (χ1) is 7.41. The quantitative estimate of drug-likeness (QED) is 0.835. The van der Waals surface area contributed by atoms with E-state index in [4.69, 9.17) is 10.5 Å². The number of aromatic nitrogens is 2. The van der Waals surface area contributed by atoms with Gasteiger partial charge < -0.3 is 15.0 Å². The second-order valence-corrected chi connectivity index (χ2v) is 4.78. The van der Waals surface area contributed by atoms with Gasteiger partial charge in [0.15, 0.2) is 0 Å². The molecule has 2 N–H and O–H groups in total. The van der Waals surface area contributed by atoms with Crippen LogP contribution in [0.3, 0.4) is 0 Å². The number of hydrogen-bond acceptors (Lipinski definition) is 3. The Hall–Kier alpha value is -1.03. The Labute approximate surface area is 97.8 Å². The molecule has 16 heavy (non-hydrogen) atoms. The molecule has 1 aromatic rings. The monoisotopic (exact) mass is 225 g/mol. The van der Waals surface area contributed by atoms with Gasteiger partial charge in [-0.1, -0.05) is 6.92 Å². The maximum Gasteiger partial charge on any atom is 0.126 e. The summed E-state index contributed by atoms with van der Waals surface area (Å²) in [6.07, 6.45) is 1.81.